The average molecular weight is 382 g/mol. The van der Waals surface area contributed by atoms with Crippen LogP contribution in [-0.2, 0) is 19.5 Å². The summed E-state index contributed by atoms with van der Waals surface area (Å²) in [6.45, 7) is 6.20. The normalized spacial score (nSPS) is 22.9. The van der Waals surface area contributed by atoms with Gasteiger partial charge in [0.1, 0.15) is 6.10 Å². The molecule has 1 unspecified atom stereocenters. The molecule has 2 saturated heterocycles. The maximum Gasteiger partial charge on any atom is 0.338 e. The van der Waals surface area contributed by atoms with Gasteiger partial charge < -0.3 is 9.47 Å². The highest BCUT2D eigenvalue weighted by Crippen LogP contribution is 2.20. The molecule has 1 atom stereocenters. The van der Waals surface area contributed by atoms with Crippen LogP contribution in [0, 0.1) is 0 Å². The maximum absolute atomic E-state index is 12.7. The van der Waals surface area contributed by atoms with Crippen LogP contribution in [0.4, 0.5) is 0 Å². The van der Waals surface area contributed by atoms with Crippen molar-refractivity contribution >= 4 is 16.0 Å². The van der Waals surface area contributed by atoms with E-state index >= 15 is 0 Å². The SMILES string of the molecule is CCN1CCCC(OC(=O)c2cccc(S(=O)(=O)N3CCOCC3)c2)C1. The molecule has 0 aromatic heterocycles. The van der Waals surface area contributed by atoms with Crippen LogP contribution in [-0.4, -0.2) is 75.6 Å². The molecule has 0 spiro atoms. The van der Waals surface area contributed by atoms with Crippen molar-refractivity contribution in [3.63, 3.8) is 0 Å². The summed E-state index contributed by atoms with van der Waals surface area (Å²) < 4.78 is 37.7. The van der Waals surface area contributed by atoms with E-state index in [0.717, 1.165) is 32.5 Å². The number of morpholine rings is 1. The van der Waals surface area contributed by atoms with Gasteiger partial charge in [0, 0.05) is 19.6 Å². The second-order valence-electron chi connectivity index (χ2n) is 6.61. The first kappa shape index (κ1) is 19.3. The fourth-order valence-electron chi connectivity index (χ4n) is 3.34. The fraction of sp³-hybridized carbons (Fsp3) is 0.611. The van der Waals surface area contributed by atoms with Crippen LogP contribution in [0.5, 0.6) is 0 Å². The van der Waals surface area contributed by atoms with Crippen LogP contribution in [0.1, 0.15) is 30.1 Å². The molecule has 0 bridgehead atoms. The molecule has 0 aliphatic carbocycles. The molecule has 3 rings (SSSR count). The molecule has 26 heavy (non-hydrogen) atoms. The monoisotopic (exact) mass is 382 g/mol. The van der Waals surface area contributed by atoms with Crippen molar-refractivity contribution in [1.82, 2.24) is 9.21 Å². The van der Waals surface area contributed by atoms with Crippen molar-refractivity contribution in [3.8, 4) is 0 Å². The van der Waals surface area contributed by atoms with E-state index < -0.39 is 16.0 Å². The number of carbonyl (C=O) groups excluding carboxylic acids is 1. The highest BCUT2D eigenvalue weighted by molar-refractivity contribution is 7.89. The summed E-state index contributed by atoms with van der Waals surface area (Å²) in [5.74, 6) is -0.466. The van der Waals surface area contributed by atoms with Crippen LogP contribution in [0.3, 0.4) is 0 Å². The summed E-state index contributed by atoms with van der Waals surface area (Å²) >= 11 is 0. The molecule has 1 aromatic carbocycles. The van der Waals surface area contributed by atoms with Crippen molar-refractivity contribution in [1.29, 1.82) is 0 Å². The largest absolute Gasteiger partial charge is 0.457 e. The third kappa shape index (κ3) is 4.43. The van der Waals surface area contributed by atoms with Gasteiger partial charge in [0.25, 0.3) is 0 Å². The Bertz CT molecular complexity index is 731. The number of hydrogen-bond donors (Lipinski definition) is 0. The number of benzene rings is 1. The Balaban J connectivity index is 1.71. The zero-order valence-electron chi connectivity index (χ0n) is 15.1. The number of likely N-dealkylation sites (tertiary alicyclic amines) is 1. The van der Waals surface area contributed by atoms with Crippen LogP contribution < -0.4 is 0 Å². The zero-order chi connectivity index (χ0) is 18.6. The second kappa shape index (κ2) is 8.47. The summed E-state index contributed by atoms with van der Waals surface area (Å²) in [7, 11) is -3.63. The van der Waals surface area contributed by atoms with Gasteiger partial charge in [-0.15, -0.1) is 0 Å². The van der Waals surface area contributed by atoms with Gasteiger partial charge in [-0.25, -0.2) is 13.2 Å². The van der Waals surface area contributed by atoms with E-state index in [1.54, 1.807) is 12.1 Å². The topological polar surface area (TPSA) is 76.2 Å². The smallest absolute Gasteiger partial charge is 0.338 e. The predicted molar refractivity (Wildman–Crippen MR) is 96.6 cm³/mol. The summed E-state index contributed by atoms with van der Waals surface area (Å²) in [6, 6.07) is 6.11. The highest BCUT2D eigenvalue weighted by Gasteiger charge is 2.28. The van der Waals surface area contributed by atoms with E-state index in [1.807, 2.05) is 0 Å². The molecule has 0 radical (unpaired) electrons. The molecule has 0 N–H and O–H groups in total. The van der Waals surface area contributed by atoms with Crippen molar-refractivity contribution in [2.24, 2.45) is 0 Å². The standard InChI is InChI=1S/C18H26N2O5S/c1-2-19-8-4-6-16(14-19)25-18(21)15-5-3-7-17(13-15)26(22,23)20-9-11-24-12-10-20/h3,5,7,13,16H,2,4,6,8-12,14H2,1H3. The first-order chi connectivity index (χ1) is 12.5. The van der Waals surface area contributed by atoms with E-state index in [4.69, 9.17) is 9.47 Å². The van der Waals surface area contributed by atoms with E-state index in [9.17, 15) is 13.2 Å². The molecule has 7 nitrogen and oxygen atoms in total. The maximum atomic E-state index is 12.7. The lowest BCUT2D eigenvalue weighted by molar-refractivity contribution is 0.00771. The Morgan fingerprint density at radius 3 is 2.77 bits per heavy atom. The average Bonchev–Trinajstić information content (AvgIpc) is 2.69. The molecule has 0 amide bonds. The first-order valence-corrected chi connectivity index (χ1v) is 10.6. The molecule has 2 aliphatic rings. The molecule has 0 saturated carbocycles. The fourth-order valence-corrected chi connectivity index (χ4v) is 4.79. The highest BCUT2D eigenvalue weighted by atomic mass is 32.2. The predicted octanol–water partition coefficient (Wildman–Crippen LogP) is 1.35. The van der Waals surface area contributed by atoms with Crippen LogP contribution in [0.15, 0.2) is 29.2 Å². The summed E-state index contributed by atoms with van der Waals surface area (Å²) in [5, 5.41) is 0. The van der Waals surface area contributed by atoms with Gasteiger partial charge in [0.15, 0.2) is 0 Å². The number of carbonyl (C=O) groups is 1. The van der Waals surface area contributed by atoms with Gasteiger partial charge in [-0.2, -0.15) is 4.31 Å². The number of rotatable bonds is 5. The van der Waals surface area contributed by atoms with Gasteiger partial charge in [-0.05, 0) is 44.1 Å². The van der Waals surface area contributed by atoms with Crippen molar-refractivity contribution < 1.29 is 22.7 Å². The van der Waals surface area contributed by atoms with Crippen molar-refractivity contribution in [3.05, 3.63) is 29.8 Å². The van der Waals surface area contributed by atoms with E-state index in [0.29, 0.717) is 26.3 Å². The molecule has 144 valence electrons. The second-order valence-corrected chi connectivity index (χ2v) is 8.54. The summed E-state index contributed by atoms with van der Waals surface area (Å²) in [5.41, 5.74) is 0.271. The number of esters is 1. The van der Waals surface area contributed by atoms with Crippen molar-refractivity contribution in [2.45, 2.75) is 30.8 Å². The lowest BCUT2D eigenvalue weighted by Crippen LogP contribution is -2.41. The van der Waals surface area contributed by atoms with Crippen LogP contribution in [0.25, 0.3) is 0 Å². The van der Waals surface area contributed by atoms with Crippen molar-refractivity contribution in [2.75, 3.05) is 45.9 Å². The Morgan fingerprint density at radius 2 is 2.04 bits per heavy atom. The Morgan fingerprint density at radius 1 is 1.27 bits per heavy atom. The minimum absolute atomic E-state index is 0.118. The summed E-state index contributed by atoms with van der Waals surface area (Å²) in [6.07, 6.45) is 1.70. The summed E-state index contributed by atoms with van der Waals surface area (Å²) in [4.78, 5) is 14.9. The van der Waals surface area contributed by atoms with Crippen LogP contribution >= 0.6 is 0 Å². The number of piperidine rings is 1. The molecule has 1 aromatic rings. The lowest BCUT2D eigenvalue weighted by Gasteiger charge is -2.31. The van der Waals surface area contributed by atoms with Gasteiger partial charge in [-0.1, -0.05) is 13.0 Å². The Labute approximate surface area is 154 Å². The lowest BCUT2D eigenvalue weighted by atomic mass is 10.1. The Kier molecular flexibility index (Phi) is 6.29. The third-order valence-electron chi connectivity index (χ3n) is 4.86. The quantitative estimate of drug-likeness (QED) is 0.716. The zero-order valence-corrected chi connectivity index (χ0v) is 15.9. The number of hydrogen-bond acceptors (Lipinski definition) is 6. The van der Waals surface area contributed by atoms with Gasteiger partial charge in [0.2, 0.25) is 10.0 Å². The first-order valence-electron chi connectivity index (χ1n) is 9.12. The van der Waals surface area contributed by atoms with E-state index in [2.05, 4.69) is 11.8 Å². The van der Waals surface area contributed by atoms with E-state index in [-0.39, 0.29) is 16.6 Å². The number of likely N-dealkylation sites (N-methyl/N-ethyl adjacent to an activating group) is 1. The number of nitrogens with zero attached hydrogens (tertiary/aromatic N) is 2. The molecular formula is C18H26N2O5S. The minimum atomic E-state index is -3.63. The molecule has 2 heterocycles. The number of ether oxygens (including phenoxy) is 2. The van der Waals surface area contributed by atoms with Gasteiger partial charge in [-0.3, -0.25) is 4.90 Å². The molecule has 2 fully saturated rings. The Hall–Kier alpha value is -1.48. The minimum Gasteiger partial charge on any atom is -0.457 e. The molecule has 8 heteroatoms. The van der Waals surface area contributed by atoms with Crippen LogP contribution in [0.2, 0.25) is 0 Å². The third-order valence-corrected chi connectivity index (χ3v) is 6.76. The van der Waals surface area contributed by atoms with Gasteiger partial charge >= 0.3 is 5.97 Å². The van der Waals surface area contributed by atoms with Gasteiger partial charge in [0.05, 0.1) is 23.7 Å². The molecular weight excluding hydrogens is 356 g/mol. The van der Waals surface area contributed by atoms with E-state index in [1.165, 1.54) is 16.4 Å². The molecule has 2 aliphatic heterocycles. The number of sulfonamides is 1.